The third-order valence-electron chi connectivity index (χ3n) is 5.07. The highest BCUT2D eigenvalue weighted by Crippen LogP contribution is 2.37. The topological polar surface area (TPSA) is 53.8 Å². The van der Waals surface area contributed by atoms with Gasteiger partial charge in [0.1, 0.15) is 12.1 Å². The Morgan fingerprint density at radius 3 is 2.28 bits per heavy atom. The Bertz CT molecular complexity index is 1160. The summed E-state index contributed by atoms with van der Waals surface area (Å²) in [6, 6.07) is 18.3. The minimum Gasteiger partial charge on any atom is -0.612 e. The van der Waals surface area contributed by atoms with Crippen molar-refractivity contribution in [2.45, 2.75) is 35.7 Å². The smallest absolute Gasteiger partial charge is 0.169 e. The number of benzene rings is 2. The molecule has 4 nitrogen and oxygen atoms in total. The fourth-order valence-electron chi connectivity index (χ4n) is 3.51. The number of thioether (sulfide) groups is 1. The van der Waals surface area contributed by atoms with Gasteiger partial charge >= 0.3 is 0 Å². The molecular formula is C25H24FN3OS2. The second-order valence-electron chi connectivity index (χ2n) is 7.37. The van der Waals surface area contributed by atoms with Crippen LogP contribution in [0, 0.1) is 5.82 Å². The van der Waals surface area contributed by atoms with E-state index in [0.717, 1.165) is 56.8 Å². The van der Waals surface area contributed by atoms with E-state index in [4.69, 9.17) is 4.98 Å². The van der Waals surface area contributed by atoms with E-state index in [2.05, 4.69) is 16.5 Å². The number of hydrogen-bond donors (Lipinski definition) is 0. The van der Waals surface area contributed by atoms with Gasteiger partial charge in [0, 0.05) is 35.8 Å². The standard InChI is InChI=1S/C25H24FN3OS2/c1-3-16-29-24(20-12-14-27-15-13-20)23(19-6-8-21(26)9-7-19)28-25(29)31-17-18-4-10-22(11-5-18)32(2)30/h4-15H,3,16-17H2,1-2H3. The molecule has 2 heterocycles. The molecule has 164 valence electrons. The Labute approximate surface area is 195 Å². The van der Waals surface area contributed by atoms with E-state index >= 15 is 0 Å². The molecule has 0 saturated carbocycles. The first-order valence-corrected chi connectivity index (χ1v) is 12.9. The van der Waals surface area contributed by atoms with Gasteiger partial charge in [-0.1, -0.05) is 30.8 Å². The van der Waals surface area contributed by atoms with Crippen LogP contribution in [0.3, 0.4) is 0 Å². The average Bonchev–Trinajstić information content (AvgIpc) is 3.17. The second kappa shape index (κ2) is 10.3. The van der Waals surface area contributed by atoms with Crippen molar-refractivity contribution in [1.29, 1.82) is 0 Å². The largest absolute Gasteiger partial charge is 0.612 e. The zero-order chi connectivity index (χ0) is 22.5. The number of hydrogen-bond acceptors (Lipinski definition) is 4. The minimum atomic E-state index is -0.982. The maximum atomic E-state index is 13.6. The highest BCUT2D eigenvalue weighted by molar-refractivity contribution is 7.98. The summed E-state index contributed by atoms with van der Waals surface area (Å²) in [6.45, 7) is 2.97. The quantitative estimate of drug-likeness (QED) is 0.230. The lowest BCUT2D eigenvalue weighted by Gasteiger charge is -2.12. The van der Waals surface area contributed by atoms with Crippen LogP contribution in [0.15, 0.2) is 83.1 Å². The molecule has 0 radical (unpaired) electrons. The predicted octanol–water partition coefficient (Wildman–Crippen LogP) is 6.19. The normalized spacial score (nSPS) is 12.1. The molecular weight excluding hydrogens is 441 g/mol. The molecule has 4 rings (SSSR count). The Morgan fingerprint density at radius 1 is 0.969 bits per heavy atom. The van der Waals surface area contributed by atoms with Crippen molar-refractivity contribution >= 4 is 22.9 Å². The fraction of sp³-hybridized carbons (Fsp3) is 0.200. The number of pyridine rings is 1. The van der Waals surface area contributed by atoms with Crippen LogP contribution >= 0.6 is 11.8 Å². The molecule has 0 amide bonds. The number of aromatic nitrogens is 3. The van der Waals surface area contributed by atoms with E-state index in [1.165, 1.54) is 12.1 Å². The van der Waals surface area contributed by atoms with E-state index in [-0.39, 0.29) is 5.82 Å². The van der Waals surface area contributed by atoms with Crippen LogP contribution < -0.4 is 0 Å². The fourth-order valence-corrected chi connectivity index (χ4v) is 5.01. The molecule has 1 atom stereocenters. The summed E-state index contributed by atoms with van der Waals surface area (Å²) in [4.78, 5) is 9.98. The summed E-state index contributed by atoms with van der Waals surface area (Å²) in [5, 5.41) is 0.918. The summed E-state index contributed by atoms with van der Waals surface area (Å²) in [5.74, 6) is 0.481. The zero-order valence-electron chi connectivity index (χ0n) is 18.0. The van der Waals surface area contributed by atoms with Crippen molar-refractivity contribution in [2.75, 3.05) is 6.26 Å². The van der Waals surface area contributed by atoms with E-state index in [1.807, 2.05) is 36.4 Å². The number of nitrogens with zero attached hydrogens (tertiary/aromatic N) is 3. The second-order valence-corrected chi connectivity index (χ2v) is 9.69. The highest BCUT2D eigenvalue weighted by Gasteiger charge is 2.20. The highest BCUT2D eigenvalue weighted by atomic mass is 32.2. The lowest BCUT2D eigenvalue weighted by molar-refractivity contribution is 0.601. The third-order valence-corrected chi connectivity index (χ3v) is 7.06. The van der Waals surface area contributed by atoms with Crippen molar-refractivity contribution in [1.82, 2.24) is 14.5 Å². The molecule has 0 aliphatic rings. The maximum absolute atomic E-state index is 13.6. The molecule has 0 N–H and O–H groups in total. The van der Waals surface area contributed by atoms with Gasteiger partial charge in [0.05, 0.1) is 11.4 Å². The number of halogens is 1. The monoisotopic (exact) mass is 465 g/mol. The van der Waals surface area contributed by atoms with Gasteiger partial charge in [-0.25, -0.2) is 9.37 Å². The van der Waals surface area contributed by atoms with Crippen LogP contribution in [-0.4, -0.2) is 25.3 Å². The minimum absolute atomic E-state index is 0.266. The summed E-state index contributed by atoms with van der Waals surface area (Å²) >= 11 is 0.686. The predicted molar refractivity (Wildman–Crippen MR) is 129 cm³/mol. The first-order valence-electron chi connectivity index (χ1n) is 10.4. The molecule has 2 aromatic heterocycles. The first-order chi connectivity index (χ1) is 15.6. The van der Waals surface area contributed by atoms with Crippen molar-refractivity contribution in [2.24, 2.45) is 0 Å². The van der Waals surface area contributed by atoms with Crippen molar-refractivity contribution in [3.63, 3.8) is 0 Å². The van der Waals surface area contributed by atoms with Crippen LogP contribution in [0.5, 0.6) is 0 Å². The Morgan fingerprint density at radius 2 is 1.66 bits per heavy atom. The van der Waals surface area contributed by atoms with Crippen molar-refractivity contribution in [3.05, 3.63) is 84.4 Å². The molecule has 0 bridgehead atoms. The van der Waals surface area contributed by atoms with Crippen LogP contribution in [0.2, 0.25) is 0 Å². The maximum Gasteiger partial charge on any atom is 0.169 e. The van der Waals surface area contributed by atoms with Gasteiger partial charge in [-0.05, 0) is 71.7 Å². The van der Waals surface area contributed by atoms with Crippen LogP contribution in [0.4, 0.5) is 4.39 Å². The molecule has 32 heavy (non-hydrogen) atoms. The van der Waals surface area contributed by atoms with Crippen molar-refractivity contribution < 1.29 is 8.94 Å². The Balaban J connectivity index is 1.73. The van der Waals surface area contributed by atoms with Gasteiger partial charge < -0.3 is 9.12 Å². The number of imidazole rings is 1. The summed E-state index contributed by atoms with van der Waals surface area (Å²) < 4.78 is 27.5. The molecule has 0 aliphatic carbocycles. The van der Waals surface area contributed by atoms with Gasteiger partial charge in [-0.3, -0.25) is 4.98 Å². The van der Waals surface area contributed by atoms with E-state index < -0.39 is 11.2 Å². The summed E-state index contributed by atoms with van der Waals surface area (Å²) in [7, 11) is 0. The Kier molecular flexibility index (Phi) is 7.29. The van der Waals surface area contributed by atoms with E-state index in [1.54, 1.807) is 42.5 Å². The van der Waals surface area contributed by atoms with E-state index in [9.17, 15) is 8.94 Å². The average molecular weight is 466 g/mol. The SMILES string of the molecule is CCCn1c(SCc2ccc([S+](C)[O-])cc2)nc(-c2ccc(F)cc2)c1-c1ccncc1. The Hall–Kier alpha value is -2.61. The lowest BCUT2D eigenvalue weighted by Crippen LogP contribution is -2.02. The van der Waals surface area contributed by atoms with E-state index in [0.29, 0.717) is 0 Å². The summed E-state index contributed by atoms with van der Waals surface area (Å²) in [6.07, 6.45) is 6.20. The van der Waals surface area contributed by atoms with Crippen LogP contribution in [0.1, 0.15) is 18.9 Å². The van der Waals surface area contributed by atoms with Crippen molar-refractivity contribution in [3.8, 4) is 22.5 Å². The van der Waals surface area contributed by atoms with Gasteiger partial charge in [0.25, 0.3) is 0 Å². The molecule has 0 saturated heterocycles. The molecule has 0 fully saturated rings. The van der Waals surface area contributed by atoms with Gasteiger partial charge in [-0.15, -0.1) is 0 Å². The molecule has 1 unspecified atom stereocenters. The van der Waals surface area contributed by atoms with Crippen LogP contribution in [0.25, 0.3) is 22.5 Å². The molecule has 4 aromatic rings. The van der Waals surface area contributed by atoms with Gasteiger partial charge in [0.15, 0.2) is 10.1 Å². The molecule has 0 aliphatic heterocycles. The third kappa shape index (κ3) is 5.06. The summed E-state index contributed by atoms with van der Waals surface area (Å²) in [5.41, 5.74) is 4.90. The molecule has 7 heteroatoms. The van der Waals surface area contributed by atoms with Gasteiger partial charge in [0.2, 0.25) is 0 Å². The van der Waals surface area contributed by atoms with Gasteiger partial charge in [-0.2, -0.15) is 0 Å². The lowest BCUT2D eigenvalue weighted by atomic mass is 10.1. The zero-order valence-corrected chi connectivity index (χ0v) is 19.6. The first kappa shape index (κ1) is 22.6. The molecule has 0 spiro atoms. The number of rotatable bonds is 8. The molecule has 2 aromatic carbocycles. The van der Waals surface area contributed by atoms with Crippen LogP contribution in [-0.2, 0) is 23.5 Å².